The third-order valence-corrected chi connectivity index (χ3v) is 2.96. The number of hydrogen-bond donors (Lipinski definition) is 2. The van der Waals surface area contributed by atoms with Gasteiger partial charge in [-0.25, -0.2) is 4.79 Å². The fourth-order valence-electron chi connectivity index (χ4n) is 2.02. The molecule has 1 heterocycles. The summed E-state index contributed by atoms with van der Waals surface area (Å²) in [4.78, 5) is 22.5. The van der Waals surface area contributed by atoms with E-state index in [9.17, 15) is 9.59 Å². The first-order valence-electron chi connectivity index (χ1n) is 6.74. The monoisotopic (exact) mass is 303 g/mol. The summed E-state index contributed by atoms with van der Waals surface area (Å²) < 4.78 is 10.4. The number of carboxylic acids is 1. The molecule has 1 aromatic heterocycles. The fourth-order valence-corrected chi connectivity index (χ4v) is 2.02. The van der Waals surface area contributed by atoms with Crippen LogP contribution < -0.4 is 10.1 Å². The van der Waals surface area contributed by atoms with Gasteiger partial charge in [0.2, 0.25) is 0 Å². The van der Waals surface area contributed by atoms with Gasteiger partial charge < -0.3 is 19.6 Å². The van der Waals surface area contributed by atoms with Crippen molar-refractivity contribution in [2.45, 2.75) is 20.4 Å². The summed E-state index contributed by atoms with van der Waals surface area (Å²) >= 11 is 0. The Morgan fingerprint density at radius 2 is 2.05 bits per heavy atom. The average molecular weight is 303 g/mol. The first-order valence-corrected chi connectivity index (χ1v) is 6.74. The molecule has 6 heteroatoms. The molecular weight excluding hydrogens is 286 g/mol. The number of amides is 1. The second kappa shape index (κ2) is 6.80. The Morgan fingerprint density at radius 1 is 1.27 bits per heavy atom. The number of aryl methyl sites for hydroxylation is 2. The lowest BCUT2D eigenvalue weighted by Crippen LogP contribution is -2.23. The van der Waals surface area contributed by atoms with Crippen LogP contribution >= 0.6 is 0 Å². The number of ether oxygens (including phenoxy) is 1. The van der Waals surface area contributed by atoms with Crippen molar-refractivity contribution in [1.82, 2.24) is 5.32 Å². The van der Waals surface area contributed by atoms with Gasteiger partial charge in [-0.15, -0.1) is 0 Å². The summed E-state index contributed by atoms with van der Waals surface area (Å²) in [6.45, 7) is 3.49. The molecule has 1 aromatic carbocycles. The molecule has 0 aliphatic carbocycles. The van der Waals surface area contributed by atoms with E-state index < -0.39 is 12.6 Å². The Morgan fingerprint density at radius 3 is 2.68 bits per heavy atom. The van der Waals surface area contributed by atoms with Crippen LogP contribution in [-0.2, 0) is 11.3 Å². The van der Waals surface area contributed by atoms with Crippen LogP contribution in [0.25, 0.3) is 0 Å². The number of rotatable bonds is 6. The lowest BCUT2D eigenvalue weighted by atomic mass is 10.2. The number of benzene rings is 1. The van der Waals surface area contributed by atoms with Crippen molar-refractivity contribution in [2.75, 3.05) is 6.61 Å². The van der Waals surface area contributed by atoms with Crippen LogP contribution in [0.15, 0.2) is 34.7 Å². The molecule has 2 rings (SSSR count). The molecule has 2 N–H and O–H groups in total. The third kappa shape index (κ3) is 4.12. The summed E-state index contributed by atoms with van der Waals surface area (Å²) in [7, 11) is 0. The minimum Gasteiger partial charge on any atom is -0.482 e. The van der Waals surface area contributed by atoms with Crippen LogP contribution in [0.5, 0.6) is 5.75 Å². The van der Waals surface area contributed by atoms with Crippen LogP contribution in [-0.4, -0.2) is 23.6 Å². The molecule has 0 spiro atoms. The van der Waals surface area contributed by atoms with Gasteiger partial charge in [0.25, 0.3) is 5.91 Å². The summed E-state index contributed by atoms with van der Waals surface area (Å²) in [6.07, 6.45) is 0. The van der Waals surface area contributed by atoms with Crippen LogP contribution in [0.3, 0.4) is 0 Å². The Hall–Kier alpha value is -2.76. The van der Waals surface area contributed by atoms with Gasteiger partial charge in [-0.3, -0.25) is 4.79 Å². The average Bonchev–Trinajstić information content (AvgIpc) is 2.82. The number of carboxylic acid groups (broad SMARTS) is 1. The van der Waals surface area contributed by atoms with Crippen molar-refractivity contribution >= 4 is 11.9 Å². The highest BCUT2D eigenvalue weighted by Crippen LogP contribution is 2.15. The van der Waals surface area contributed by atoms with Gasteiger partial charge in [0.15, 0.2) is 12.4 Å². The normalized spacial score (nSPS) is 10.3. The molecule has 0 saturated heterocycles. The first-order chi connectivity index (χ1) is 10.5. The van der Waals surface area contributed by atoms with E-state index in [2.05, 4.69) is 5.32 Å². The SMILES string of the molecule is Cc1cc(C)c(C(=O)NCc2cccc(OCC(=O)O)c2)o1. The summed E-state index contributed by atoms with van der Waals surface area (Å²) in [5, 5.41) is 11.3. The molecule has 0 aliphatic heterocycles. The van der Waals surface area contributed by atoms with Crippen LogP contribution in [0.4, 0.5) is 0 Å². The zero-order chi connectivity index (χ0) is 16.1. The maximum absolute atomic E-state index is 12.0. The lowest BCUT2D eigenvalue weighted by molar-refractivity contribution is -0.139. The fraction of sp³-hybridized carbons (Fsp3) is 0.250. The van der Waals surface area contributed by atoms with Gasteiger partial charge in [-0.1, -0.05) is 12.1 Å². The Bertz CT molecular complexity index is 690. The molecule has 0 unspecified atom stereocenters. The number of hydrogen-bond acceptors (Lipinski definition) is 4. The van der Waals surface area contributed by atoms with Crippen LogP contribution in [0.2, 0.25) is 0 Å². The van der Waals surface area contributed by atoms with Gasteiger partial charge in [-0.2, -0.15) is 0 Å². The van der Waals surface area contributed by atoms with Gasteiger partial charge in [-0.05, 0) is 37.6 Å². The second-order valence-corrected chi connectivity index (χ2v) is 4.88. The van der Waals surface area contributed by atoms with E-state index >= 15 is 0 Å². The van der Waals surface area contributed by atoms with E-state index in [4.69, 9.17) is 14.3 Å². The molecule has 1 amide bonds. The van der Waals surface area contributed by atoms with Crippen LogP contribution in [0.1, 0.15) is 27.4 Å². The smallest absolute Gasteiger partial charge is 0.341 e. The molecule has 0 aliphatic rings. The van der Waals surface area contributed by atoms with Crippen molar-refractivity contribution in [1.29, 1.82) is 0 Å². The number of aliphatic carboxylic acids is 1. The Balaban J connectivity index is 1.96. The van der Waals surface area contributed by atoms with E-state index in [0.29, 0.717) is 23.8 Å². The molecule has 0 saturated carbocycles. The second-order valence-electron chi connectivity index (χ2n) is 4.88. The Labute approximate surface area is 127 Å². The van der Waals surface area contributed by atoms with E-state index in [1.165, 1.54) is 0 Å². The number of carbonyl (C=O) groups excluding carboxylic acids is 1. The maximum atomic E-state index is 12.0. The number of carbonyl (C=O) groups is 2. The zero-order valence-electron chi connectivity index (χ0n) is 12.4. The highest BCUT2D eigenvalue weighted by molar-refractivity contribution is 5.92. The van der Waals surface area contributed by atoms with Gasteiger partial charge in [0.05, 0.1) is 0 Å². The van der Waals surface area contributed by atoms with E-state index in [1.807, 2.05) is 13.0 Å². The predicted octanol–water partition coefficient (Wildman–Crippen LogP) is 2.29. The number of furan rings is 1. The molecule has 0 atom stereocenters. The summed E-state index contributed by atoms with van der Waals surface area (Å²) in [5.74, 6) is 0.103. The molecule has 0 radical (unpaired) electrons. The van der Waals surface area contributed by atoms with Crippen molar-refractivity contribution in [3.63, 3.8) is 0 Å². The van der Waals surface area contributed by atoms with Crippen molar-refractivity contribution in [3.8, 4) is 5.75 Å². The maximum Gasteiger partial charge on any atom is 0.341 e. The highest BCUT2D eigenvalue weighted by atomic mass is 16.5. The minimum absolute atomic E-state index is 0.289. The standard InChI is InChI=1S/C16H17NO5/c1-10-6-11(2)22-15(10)16(20)17-8-12-4-3-5-13(7-12)21-9-14(18)19/h3-7H,8-9H2,1-2H3,(H,17,20)(H,18,19). The topological polar surface area (TPSA) is 88.8 Å². The first kappa shape index (κ1) is 15.6. The third-order valence-electron chi connectivity index (χ3n) is 2.96. The van der Waals surface area contributed by atoms with Crippen molar-refractivity contribution in [3.05, 3.63) is 53.0 Å². The number of nitrogens with one attached hydrogen (secondary N) is 1. The van der Waals surface area contributed by atoms with E-state index in [0.717, 1.165) is 11.1 Å². The van der Waals surface area contributed by atoms with Gasteiger partial charge in [0, 0.05) is 12.1 Å². The Kier molecular flexibility index (Phi) is 4.83. The molecule has 0 bridgehead atoms. The molecule has 0 fully saturated rings. The summed E-state index contributed by atoms with van der Waals surface area (Å²) in [5.41, 5.74) is 1.59. The summed E-state index contributed by atoms with van der Waals surface area (Å²) in [6, 6.07) is 8.70. The van der Waals surface area contributed by atoms with Crippen LogP contribution in [0, 0.1) is 13.8 Å². The molecule has 22 heavy (non-hydrogen) atoms. The van der Waals surface area contributed by atoms with Crippen molar-refractivity contribution < 1.29 is 23.8 Å². The lowest BCUT2D eigenvalue weighted by Gasteiger charge is -2.07. The van der Waals surface area contributed by atoms with Gasteiger partial charge >= 0.3 is 5.97 Å². The molecule has 6 nitrogen and oxygen atoms in total. The molecular formula is C16H17NO5. The van der Waals surface area contributed by atoms with E-state index in [1.54, 1.807) is 31.2 Å². The van der Waals surface area contributed by atoms with Crippen molar-refractivity contribution in [2.24, 2.45) is 0 Å². The molecule has 2 aromatic rings. The highest BCUT2D eigenvalue weighted by Gasteiger charge is 2.14. The largest absolute Gasteiger partial charge is 0.482 e. The van der Waals surface area contributed by atoms with E-state index in [-0.39, 0.29) is 5.91 Å². The predicted molar refractivity (Wildman–Crippen MR) is 78.9 cm³/mol. The molecule has 116 valence electrons. The quantitative estimate of drug-likeness (QED) is 0.854. The van der Waals surface area contributed by atoms with Gasteiger partial charge in [0.1, 0.15) is 11.5 Å². The minimum atomic E-state index is -1.04. The zero-order valence-corrected chi connectivity index (χ0v) is 12.4.